The molecule has 0 aliphatic heterocycles. The van der Waals surface area contributed by atoms with Crippen molar-refractivity contribution in [3.63, 3.8) is 0 Å². The summed E-state index contributed by atoms with van der Waals surface area (Å²) in [5.41, 5.74) is 1.60. The Balaban J connectivity index is 2.08. The molecular weight excluding hydrogens is 245 g/mol. The zero-order chi connectivity index (χ0) is 13.8. The van der Waals surface area contributed by atoms with Gasteiger partial charge < -0.3 is 9.84 Å². The zero-order valence-electron chi connectivity index (χ0n) is 11.4. The summed E-state index contributed by atoms with van der Waals surface area (Å²) in [6, 6.07) is 4.97. The lowest BCUT2D eigenvalue weighted by Crippen LogP contribution is -2.25. The van der Waals surface area contributed by atoms with Crippen molar-refractivity contribution in [2.45, 2.75) is 33.2 Å². The molecular formula is C14H18FN3O. The van der Waals surface area contributed by atoms with E-state index in [1.807, 2.05) is 6.92 Å². The van der Waals surface area contributed by atoms with E-state index in [2.05, 4.69) is 29.3 Å². The van der Waals surface area contributed by atoms with Gasteiger partial charge in [0.15, 0.2) is 0 Å². The van der Waals surface area contributed by atoms with E-state index in [1.54, 1.807) is 6.07 Å². The highest BCUT2D eigenvalue weighted by Gasteiger charge is 2.11. The van der Waals surface area contributed by atoms with Crippen molar-refractivity contribution >= 4 is 0 Å². The summed E-state index contributed by atoms with van der Waals surface area (Å²) >= 11 is 0. The Kier molecular flexibility index (Phi) is 4.27. The minimum Gasteiger partial charge on any atom is -0.339 e. The van der Waals surface area contributed by atoms with Gasteiger partial charge in [-0.1, -0.05) is 19.0 Å². The number of benzene rings is 1. The molecule has 0 fully saturated rings. The second-order valence-corrected chi connectivity index (χ2v) is 4.83. The molecule has 0 atom stereocenters. The molecule has 1 heterocycles. The molecule has 0 spiro atoms. The predicted octanol–water partition coefficient (Wildman–Crippen LogP) is 2.72. The van der Waals surface area contributed by atoms with Gasteiger partial charge in [0.05, 0.1) is 0 Å². The Morgan fingerprint density at radius 2 is 2.16 bits per heavy atom. The molecule has 0 bridgehead atoms. The second-order valence-electron chi connectivity index (χ2n) is 4.83. The Labute approximate surface area is 112 Å². The number of aryl methyl sites for hydroxylation is 1. The van der Waals surface area contributed by atoms with Crippen molar-refractivity contribution < 1.29 is 8.91 Å². The average molecular weight is 263 g/mol. The van der Waals surface area contributed by atoms with E-state index < -0.39 is 0 Å². The van der Waals surface area contributed by atoms with Crippen molar-refractivity contribution in [3.05, 3.63) is 35.5 Å². The maximum Gasteiger partial charge on any atom is 0.228 e. The van der Waals surface area contributed by atoms with Gasteiger partial charge in [0.25, 0.3) is 0 Å². The molecule has 0 saturated carbocycles. The monoisotopic (exact) mass is 263 g/mol. The van der Waals surface area contributed by atoms with Gasteiger partial charge in [0.1, 0.15) is 5.82 Å². The van der Waals surface area contributed by atoms with Crippen LogP contribution in [0.4, 0.5) is 4.39 Å². The largest absolute Gasteiger partial charge is 0.339 e. The fourth-order valence-corrected chi connectivity index (χ4v) is 1.81. The second kappa shape index (κ2) is 5.93. The Morgan fingerprint density at radius 3 is 2.84 bits per heavy atom. The van der Waals surface area contributed by atoms with Crippen molar-refractivity contribution in [2.75, 3.05) is 6.54 Å². The van der Waals surface area contributed by atoms with Crippen LogP contribution in [0.25, 0.3) is 11.4 Å². The minimum atomic E-state index is -0.258. The summed E-state index contributed by atoms with van der Waals surface area (Å²) in [6.45, 7) is 6.79. The van der Waals surface area contributed by atoms with Crippen LogP contribution in [0.5, 0.6) is 0 Å². The molecule has 0 saturated heterocycles. The zero-order valence-corrected chi connectivity index (χ0v) is 11.4. The van der Waals surface area contributed by atoms with Crippen LogP contribution in [-0.4, -0.2) is 22.7 Å². The van der Waals surface area contributed by atoms with Crippen molar-refractivity contribution in [2.24, 2.45) is 0 Å². The van der Waals surface area contributed by atoms with E-state index in [0.717, 1.165) is 17.7 Å². The highest BCUT2D eigenvalue weighted by atomic mass is 19.1. The predicted molar refractivity (Wildman–Crippen MR) is 71.3 cm³/mol. The number of hydrogen-bond donors (Lipinski definition) is 1. The lowest BCUT2D eigenvalue weighted by molar-refractivity contribution is 0.374. The highest BCUT2D eigenvalue weighted by Crippen LogP contribution is 2.21. The maximum absolute atomic E-state index is 13.0. The van der Waals surface area contributed by atoms with E-state index in [1.165, 1.54) is 12.1 Å². The fraction of sp³-hybridized carbons (Fsp3) is 0.429. The van der Waals surface area contributed by atoms with Crippen LogP contribution in [0.2, 0.25) is 0 Å². The Morgan fingerprint density at radius 1 is 1.37 bits per heavy atom. The maximum atomic E-state index is 13.0. The van der Waals surface area contributed by atoms with Gasteiger partial charge in [-0.25, -0.2) is 4.39 Å². The van der Waals surface area contributed by atoms with E-state index >= 15 is 0 Å². The van der Waals surface area contributed by atoms with Gasteiger partial charge in [0, 0.05) is 24.6 Å². The third kappa shape index (κ3) is 3.61. The highest BCUT2D eigenvalue weighted by molar-refractivity contribution is 5.59. The molecule has 5 heteroatoms. The number of nitrogens with zero attached hydrogens (tertiary/aromatic N) is 2. The molecule has 1 aromatic carbocycles. The topological polar surface area (TPSA) is 51.0 Å². The molecule has 0 aliphatic carbocycles. The summed E-state index contributed by atoms with van der Waals surface area (Å²) in [5, 5.41) is 7.22. The average Bonchev–Trinajstić information content (AvgIpc) is 2.77. The summed E-state index contributed by atoms with van der Waals surface area (Å²) in [7, 11) is 0. The number of nitrogens with one attached hydrogen (secondary N) is 1. The molecule has 0 radical (unpaired) electrons. The normalized spacial score (nSPS) is 11.2. The summed E-state index contributed by atoms with van der Waals surface area (Å²) in [5.74, 6) is 0.843. The van der Waals surface area contributed by atoms with Crippen LogP contribution in [-0.2, 0) is 6.42 Å². The van der Waals surface area contributed by atoms with Crippen LogP contribution < -0.4 is 5.32 Å². The van der Waals surface area contributed by atoms with Crippen molar-refractivity contribution in [1.82, 2.24) is 15.5 Å². The Hall–Kier alpha value is -1.75. The standard InChI is InChI=1S/C14H18FN3O/c1-9(2)16-7-6-13-17-14(18-19-13)12-5-4-11(15)8-10(12)3/h4-5,8-9,16H,6-7H2,1-3H3. The van der Waals surface area contributed by atoms with Gasteiger partial charge in [-0.15, -0.1) is 0 Å². The molecule has 0 aliphatic rings. The van der Waals surface area contributed by atoms with E-state index in [9.17, 15) is 4.39 Å². The van der Waals surface area contributed by atoms with Crippen LogP contribution in [0.15, 0.2) is 22.7 Å². The number of halogens is 1. The van der Waals surface area contributed by atoms with Crippen molar-refractivity contribution in [3.8, 4) is 11.4 Å². The molecule has 1 aromatic heterocycles. The van der Waals surface area contributed by atoms with Gasteiger partial charge in [-0.3, -0.25) is 0 Å². The van der Waals surface area contributed by atoms with E-state index in [0.29, 0.717) is 24.2 Å². The lowest BCUT2D eigenvalue weighted by atomic mass is 10.1. The van der Waals surface area contributed by atoms with Crippen LogP contribution >= 0.6 is 0 Å². The molecule has 2 rings (SSSR count). The molecule has 1 N–H and O–H groups in total. The first kappa shape index (κ1) is 13.7. The minimum absolute atomic E-state index is 0.258. The van der Waals surface area contributed by atoms with E-state index in [4.69, 9.17) is 4.52 Å². The van der Waals surface area contributed by atoms with Crippen LogP contribution in [0, 0.1) is 12.7 Å². The van der Waals surface area contributed by atoms with Gasteiger partial charge in [-0.2, -0.15) is 4.98 Å². The van der Waals surface area contributed by atoms with Gasteiger partial charge in [0.2, 0.25) is 11.7 Å². The number of aromatic nitrogens is 2. The SMILES string of the molecule is Cc1cc(F)ccc1-c1noc(CCNC(C)C)n1. The van der Waals surface area contributed by atoms with Gasteiger partial charge >= 0.3 is 0 Å². The van der Waals surface area contributed by atoms with Crippen molar-refractivity contribution in [1.29, 1.82) is 0 Å². The molecule has 2 aromatic rings. The third-order valence-electron chi connectivity index (χ3n) is 2.79. The quantitative estimate of drug-likeness (QED) is 0.901. The molecule has 0 amide bonds. The number of hydrogen-bond acceptors (Lipinski definition) is 4. The fourth-order valence-electron chi connectivity index (χ4n) is 1.81. The third-order valence-corrected chi connectivity index (χ3v) is 2.79. The smallest absolute Gasteiger partial charge is 0.228 e. The lowest BCUT2D eigenvalue weighted by Gasteiger charge is -2.04. The summed E-state index contributed by atoms with van der Waals surface area (Å²) < 4.78 is 18.2. The first-order valence-corrected chi connectivity index (χ1v) is 6.39. The first-order valence-electron chi connectivity index (χ1n) is 6.39. The number of rotatable bonds is 5. The molecule has 102 valence electrons. The van der Waals surface area contributed by atoms with Gasteiger partial charge in [-0.05, 0) is 30.7 Å². The molecule has 4 nitrogen and oxygen atoms in total. The Bertz CT molecular complexity index is 551. The first-order chi connectivity index (χ1) is 9.06. The van der Waals surface area contributed by atoms with E-state index in [-0.39, 0.29) is 5.82 Å². The van der Waals surface area contributed by atoms with Crippen LogP contribution in [0.3, 0.4) is 0 Å². The molecule has 19 heavy (non-hydrogen) atoms. The summed E-state index contributed by atoms with van der Waals surface area (Å²) in [6.07, 6.45) is 0.686. The van der Waals surface area contributed by atoms with Crippen LogP contribution in [0.1, 0.15) is 25.3 Å². The molecule has 0 unspecified atom stereocenters. The summed E-state index contributed by atoms with van der Waals surface area (Å²) in [4.78, 5) is 4.33.